The lowest BCUT2D eigenvalue weighted by Gasteiger charge is -2.34. The molecule has 0 aliphatic carbocycles. The number of nitrogens with zero attached hydrogens (tertiary/aromatic N) is 8. The molecule has 0 radical (unpaired) electrons. The summed E-state index contributed by atoms with van der Waals surface area (Å²) in [6, 6.07) is 6.41. The highest BCUT2D eigenvalue weighted by Crippen LogP contribution is 2.36. The summed E-state index contributed by atoms with van der Waals surface area (Å²) in [5.74, 6) is -0.415. The first kappa shape index (κ1) is 27.7. The van der Waals surface area contributed by atoms with Crippen LogP contribution in [0.4, 0.5) is 13.2 Å². The molecule has 14 heteroatoms. The van der Waals surface area contributed by atoms with Crippen LogP contribution in [0.1, 0.15) is 45.5 Å². The SMILES string of the molecule is Cc1cc(C)n(-c2nc3c(c(=O)n2-c2cnc4nccnc4c2)C[C@@H](C)N(C(=O)c2ccc(Br)c(C(F)(F)F)c2)C3)n1. The quantitative estimate of drug-likeness (QED) is 0.281. The molecule has 1 aliphatic rings. The van der Waals surface area contributed by atoms with E-state index in [-0.39, 0.29) is 34.5 Å². The number of aromatic nitrogens is 7. The Morgan fingerprint density at radius 1 is 1.07 bits per heavy atom. The largest absolute Gasteiger partial charge is 0.417 e. The summed E-state index contributed by atoms with van der Waals surface area (Å²) >= 11 is 2.92. The second-order valence-corrected chi connectivity index (χ2v) is 10.9. The zero-order chi connectivity index (χ0) is 29.9. The first-order valence-electron chi connectivity index (χ1n) is 12.9. The molecule has 1 amide bonds. The van der Waals surface area contributed by atoms with Crippen molar-refractivity contribution >= 4 is 33.0 Å². The van der Waals surface area contributed by atoms with E-state index in [4.69, 9.17) is 4.98 Å². The molecule has 0 bridgehead atoms. The van der Waals surface area contributed by atoms with Crippen molar-refractivity contribution in [3.05, 3.63) is 97.5 Å². The van der Waals surface area contributed by atoms with Crippen molar-refractivity contribution in [1.82, 2.24) is 39.2 Å². The number of halogens is 4. The number of carbonyl (C=O) groups is 1. The highest BCUT2D eigenvalue weighted by atomic mass is 79.9. The van der Waals surface area contributed by atoms with Crippen LogP contribution in [0.5, 0.6) is 0 Å². The number of hydrogen-bond donors (Lipinski definition) is 0. The van der Waals surface area contributed by atoms with Crippen molar-refractivity contribution < 1.29 is 18.0 Å². The third kappa shape index (κ3) is 4.74. The lowest BCUT2D eigenvalue weighted by atomic mass is 9.98. The Labute approximate surface area is 245 Å². The van der Waals surface area contributed by atoms with Gasteiger partial charge in [-0.2, -0.15) is 18.3 Å². The van der Waals surface area contributed by atoms with Crippen LogP contribution in [-0.2, 0) is 19.1 Å². The van der Waals surface area contributed by atoms with Crippen LogP contribution < -0.4 is 5.56 Å². The third-order valence-corrected chi connectivity index (χ3v) is 7.83. The summed E-state index contributed by atoms with van der Waals surface area (Å²) < 4.78 is 43.4. The Kier molecular flexibility index (Phi) is 6.67. The fraction of sp³-hybridized carbons (Fsp3) is 0.250. The molecule has 5 aromatic rings. The maximum Gasteiger partial charge on any atom is 0.417 e. The van der Waals surface area contributed by atoms with Gasteiger partial charge in [-0.3, -0.25) is 14.6 Å². The highest BCUT2D eigenvalue weighted by Gasteiger charge is 2.36. The van der Waals surface area contributed by atoms with E-state index in [0.29, 0.717) is 39.5 Å². The van der Waals surface area contributed by atoms with Crippen LogP contribution in [0.25, 0.3) is 22.8 Å². The number of aryl methyl sites for hydroxylation is 2. The molecule has 1 atom stereocenters. The molecule has 214 valence electrons. The van der Waals surface area contributed by atoms with E-state index in [1.54, 1.807) is 13.0 Å². The van der Waals surface area contributed by atoms with E-state index in [0.717, 1.165) is 6.07 Å². The Balaban J connectivity index is 1.48. The summed E-state index contributed by atoms with van der Waals surface area (Å²) in [5, 5.41) is 4.53. The van der Waals surface area contributed by atoms with E-state index >= 15 is 0 Å². The zero-order valence-corrected chi connectivity index (χ0v) is 24.1. The molecule has 4 aromatic heterocycles. The molecule has 0 saturated carbocycles. The van der Waals surface area contributed by atoms with Gasteiger partial charge in [0.15, 0.2) is 5.65 Å². The summed E-state index contributed by atoms with van der Waals surface area (Å²) in [6.07, 6.45) is 0.0680. The predicted molar refractivity (Wildman–Crippen MR) is 150 cm³/mol. The topological polar surface area (TPSA) is 112 Å². The van der Waals surface area contributed by atoms with Crippen molar-refractivity contribution in [2.45, 2.75) is 46.0 Å². The molecule has 0 fully saturated rings. The van der Waals surface area contributed by atoms with Gasteiger partial charge in [-0.1, -0.05) is 15.9 Å². The Morgan fingerprint density at radius 3 is 2.55 bits per heavy atom. The number of hydrogen-bond acceptors (Lipinski definition) is 7. The minimum Gasteiger partial charge on any atom is -0.330 e. The minimum atomic E-state index is -4.64. The normalized spacial score (nSPS) is 15.2. The molecule has 42 heavy (non-hydrogen) atoms. The van der Waals surface area contributed by atoms with E-state index < -0.39 is 23.7 Å². The Morgan fingerprint density at radius 2 is 1.83 bits per heavy atom. The van der Waals surface area contributed by atoms with Crippen molar-refractivity contribution in [1.29, 1.82) is 0 Å². The predicted octanol–water partition coefficient (Wildman–Crippen LogP) is 4.74. The standard InChI is InChI=1S/C28H22BrF3N8O2/c1-14-8-16(3)40(37-14)27-36-23-13-38(25(41)17-4-5-21(29)20(10-17)28(30,31)32)15(2)9-19(23)26(42)39(27)18-11-22-24(35-12-18)34-7-6-33-22/h4-8,10-12,15H,9,13H2,1-3H3/t15-/m1/s1. The number of benzene rings is 1. The smallest absolute Gasteiger partial charge is 0.330 e. The maximum atomic E-state index is 14.1. The van der Waals surface area contributed by atoms with Crippen molar-refractivity contribution in [3.8, 4) is 11.6 Å². The van der Waals surface area contributed by atoms with Gasteiger partial charge in [-0.25, -0.2) is 24.2 Å². The molecule has 10 nitrogen and oxygen atoms in total. The average molecular weight is 639 g/mol. The van der Waals surface area contributed by atoms with Gasteiger partial charge < -0.3 is 4.90 Å². The number of pyridine rings is 1. The lowest BCUT2D eigenvalue weighted by Crippen LogP contribution is -2.46. The van der Waals surface area contributed by atoms with E-state index in [1.807, 2.05) is 19.9 Å². The zero-order valence-electron chi connectivity index (χ0n) is 22.5. The second kappa shape index (κ2) is 10.1. The first-order chi connectivity index (χ1) is 19.9. The molecular weight excluding hydrogens is 617 g/mol. The maximum absolute atomic E-state index is 14.1. The van der Waals surface area contributed by atoms with Crippen molar-refractivity contribution in [2.75, 3.05) is 0 Å². The van der Waals surface area contributed by atoms with Crippen LogP contribution in [0, 0.1) is 13.8 Å². The lowest BCUT2D eigenvalue weighted by molar-refractivity contribution is -0.138. The number of amides is 1. The van der Waals surface area contributed by atoms with Crippen LogP contribution in [0.15, 0.2) is 58.2 Å². The number of rotatable bonds is 3. The van der Waals surface area contributed by atoms with Crippen molar-refractivity contribution in [3.63, 3.8) is 0 Å². The van der Waals surface area contributed by atoms with Gasteiger partial charge in [-0.15, -0.1) is 0 Å². The van der Waals surface area contributed by atoms with E-state index in [2.05, 4.69) is 36.0 Å². The van der Waals surface area contributed by atoms with Gasteiger partial charge in [0.05, 0.1) is 35.4 Å². The number of carbonyl (C=O) groups excluding carboxylic acids is 1. The third-order valence-electron chi connectivity index (χ3n) is 7.14. The van der Waals surface area contributed by atoms with Crippen LogP contribution in [-0.4, -0.2) is 51.1 Å². The summed E-state index contributed by atoms with van der Waals surface area (Å²) in [5.41, 5.74) is 2.03. The first-order valence-corrected chi connectivity index (χ1v) is 13.6. The fourth-order valence-corrected chi connectivity index (χ4v) is 5.61. The number of fused-ring (bicyclic) bond motifs is 2. The van der Waals surface area contributed by atoms with Gasteiger partial charge >= 0.3 is 6.18 Å². The van der Waals surface area contributed by atoms with Gasteiger partial charge in [0.2, 0.25) is 5.95 Å². The van der Waals surface area contributed by atoms with E-state index in [9.17, 15) is 22.8 Å². The number of alkyl halides is 3. The highest BCUT2D eigenvalue weighted by molar-refractivity contribution is 9.10. The summed E-state index contributed by atoms with van der Waals surface area (Å²) in [6.45, 7) is 5.31. The Bertz CT molecular complexity index is 1950. The van der Waals surface area contributed by atoms with Gasteiger partial charge in [0.1, 0.15) is 5.52 Å². The monoisotopic (exact) mass is 638 g/mol. The van der Waals surface area contributed by atoms with Crippen LogP contribution in [0.2, 0.25) is 0 Å². The molecule has 1 aromatic carbocycles. The van der Waals surface area contributed by atoms with Crippen LogP contribution in [0.3, 0.4) is 0 Å². The molecular formula is C28H22BrF3N8O2. The molecule has 0 saturated heterocycles. The Hall–Kier alpha value is -4.46. The van der Waals surface area contributed by atoms with Crippen LogP contribution >= 0.6 is 15.9 Å². The average Bonchev–Trinajstić information content (AvgIpc) is 3.29. The molecule has 5 heterocycles. The molecule has 1 aliphatic heterocycles. The van der Waals surface area contributed by atoms with Crippen molar-refractivity contribution in [2.24, 2.45) is 0 Å². The molecule has 6 rings (SSSR count). The summed E-state index contributed by atoms with van der Waals surface area (Å²) in [4.78, 5) is 46.8. The van der Waals surface area contributed by atoms with Gasteiger partial charge in [0.25, 0.3) is 11.5 Å². The molecule has 0 N–H and O–H groups in total. The second-order valence-electron chi connectivity index (χ2n) is 10.1. The molecule has 0 spiro atoms. The van der Waals surface area contributed by atoms with Gasteiger partial charge in [-0.05, 0) is 57.5 Å². The fourth-order valence-electron chi connectivity index (χ4n) is 5.14. The summed E-state index contributed by atoms with van der Waals surface area (Å²) in [7, 11) is 0. The van der Waals surface area contributed by atoms with E-state index in [1.165, 1.54) is 44.9 Å². The molecule has 0 unspecified atom stereocenters. The minimum absolute atomic E-state index is 0.0728. The van der Waals surface area contributed by atoms with Gasteiger partial charge in [0, 0.05) is 39.7 Å².